The molecular formula is C12H21N3O4. The van der Waals surface area contributed by atoms with E-state index in [9.17, 15) is 14.4 Å². The van der Waals surface area contributed by atoms with E-state index in [0.717, 1.165) is 25.8 Å². The smallest absolute Gasteiger partial charge is 0.323 e. The second-order valence-corrected chi connectivity index (χ2v) is 4.46. The summed E-state index contributed by atoms with van der Waals surface area (Å²) >= 11 is 0. The zero-order chi connectivity index (χ0) is 14.3. The Labute approximate surface area is 112 Å². The minimum atomic E-state index is -0.856. The number of carbonyl (C=O) groups excluding carboxylic acids is 3. The average Bonchev–Trinajstić information content (AvgIpc) is 2.36. The van der Waals surface area contributed by atoms with Gasteiger partial charge in [0.05, 0.1) is 6.61 Å². The van der Waals surface area contributed by atoms with Crippen LogP contribution in [0.4, 0.5) is 4.79 Å². The number of piperidine rings is 1. The summed E-state index contributed by atoms with van der Waals surface area (Å²) in [6, 6.07) is -1.14. The first-order valence-corrected chi connectivity index (χ1v) is 6.54. The third kappa shape index (κ3) is 5.25. The Hall–Kier alpha value is -1.63. The standard InChI is InChI=1S/C12H21N3O4/c1-2-19-11(17)9-5-3-4-7-15(9)8-6-10(16)14-12(13)18/h9H,2-8H2,1H3,(H3,13,14,16,18). The van der Waals surface area contributed by atoms with Gasteiger partial charge in [-0.05, 0) is 26.3 Å². The number of esters is 1. The van der Waals surface area contributed by atoms with E-state index in [0.29, 0.717) is 13.2 Å². The summed E-state index contributed by atoms with van der Waals surface area (Å²) in [6.07, 6.45) is 2.86. The van der Waals surface area contributed by atoms with E-state index in [1.54, 1.807) is 6.92 Å². The highest BCUT2D eigenvalue weighted by atomic mass is 16.5. The molecule has 0 aliphatic carbocycles. The minimum absolute atomic E-state index is 0.138. The number of nitrogens with zero attached hydrogens (tertiary/aromatic N) is 1. The predicted molar refractivity (Wildman–Crippen MR) is 68.2 cm³/mol. The van der Waals surface area contributed by atoms with E-state index >= 15 is 0 Å². The van der Waals surface area contributed by atoms with Crippen molar-refractivity contribution in [3.63, 3.8) is 0 Å². The lowest BCUT2D eigenvalue weighted by atomic mass is 10.0. The van der Waals surface area contributed by atoms with Gasteiger partial charge in [-0.25, -0.2) is 4.79 Å². The molecular weight excluding hydrogens is 250 g/mol. The topological polar surface area (TPSA) is 102 Å². The first kappa shape index (κ1) is 15.4. The van der Waals surface area contributed by atoms with Crippen molar-refractivity contribution in [1.82, 2.24) is 10.2 Å². The van der Waals surface area contributed by atoms with Crippen LogP contribution in [0.1, 0.15) is 32.6 Å². The van der Waals surface area contributed by atoms with Crippen molar-refractivity contribution in [1.29, 1.82) is 0 Å². The first-order valence-electron chi connectivity index (χ1n) is 6.54. The molecule has 0 aromatic carbocycles. The van der Waals surface area contributed by atoms with Gasteiger partial charge in [0.15, 0.2) is 0 Å². The molecule has 0 radical (unpaired) electrons. The van der Waals surface area contributed by atoms with Gasteiger partial charge < -0.3 is 10.5 Å². The molecule has 7 heteroatoms. The quantitative estimate of drug-likeness (QED) is 0.685. The molecule has 1 aliphatic rings. The molecule has 0 saturated carbocycles. The number of imide groups is 1. The molecule has 1 saturated heterocycles. The molecule has 19 heavy (non-hydrogen) atoms. The molecule has 0 bridgehead atoms. The van der Waals surface area contributed by atoms with Crippen molar-refractivity contribution < 1.29 is 19.1 Å². The summed E-state index contributed by atoms with van der Waals surface area (Å²) in [4.78, 5) is 35.6. The highest BCUT2D eigenvalue weighted by Gasteiger charge is 2.29. The molecule has 0 aromatic rings. The number of primary amides is 1. The third-order valence-electron chi connectivity index (χ3n) is 3.06. The summed E-state index contributed by atoms with van der Waals surface area (Å²) in [6.45, 7) is 3.30. The molecule has 1 aliphatic heterocycles. The Bertz CT molecular complexity index is 346. The van der Waals surface area contributed by atoms with Crippen molar-refractivity contribution in [3.8, 4) is 0 Å². The van der Waals surface area contributed by atoms with Gasteiger partial charge in [-0.3, -0.25) is 19.8 Å². The highest BCUT2D eigenvalue weighted by molar-refractivity contribution is 5.93. The van der Waals surface area contributed by atoms with E-state index in [1.807, 2.05) is 10.2 Å². The van der Waals surface area contributed by atoms with Gasteiger partial charge in [0.1, 0.15) is 6.04 Å². The summed E-state index contributed by atoms with van der Waals surface area (Å²) < 4.78 is 5.03. The van der Waals surface area contributed by atoms with Crippen molar-refractivity contribution in [3.05, 3.63) is 0 Å². The van der Waals surface area contributed by atoms with Crippen LogP contribution in [0, 0.1) is 0 Å². The van der Waals surface area contributed by atoms with Crippen LogP contribution >= 0.6 is 0 Å². The number of likely N-dealkylation sites (tertiary alicyclic amines) is 1. The predicted octanol–water partition coefficient (Wildman–Crippen LogP) is -0.0110. The Morgan fingerprint density at radius 1 is 1.37 bits per heavy atom. The van der Waals surface area contributed by atoms with Crippen LogP contribution in [0.3, 0.4) is 0 Å². The van der Waals surface area contributed by atoms with E-state index in [1.165, 1.54) is 0 Å². The SMILES string of the molecule is CCOC(=O)C1CCCCN1CCC(=O)NC(N)=O. The van der Waals surface area contributed by atoms with Gasteiger partial charge in [0, 0.05) is 13.0 Å². The van der Waals surface area contributed by atoms with Crippen LogP contribution in [0.5, 0.6) is 0 Å². The third-order valence-corrected chi connectivity index (χ3v) is 3.06. The van der Waals surface area contributed by atoms with Gasteiger partial charge in [0.2, 0.25) is 5.91 Å². The molecule has 1 fully saturated rings. The Kier molecular flexibility index (Phi) is 6.27. The monoisotopic (exact) mass is 271 g/mol. The lowest BCUT2D eigenvalue weighted by Crippen LogP contribution is -2.47. The van der Waals surface area contributed by atoms with Crippen LogP contribution in [-0.4, -0.2) is 48.5 Å². The molecule has 0 aromatic heterocycles. The number of hydrogen-bond donors (Lipinski definition) is 2. The number of hydrogen-bond acceptors (Lipinski definition) is 5. The fourth-order valence-electron chi connectivity index (χ4n) is 2.21. The number of carbonyl (C=O) groups is 3. The summed E-state index contributed by atoms with van der Waals surface area (Å²) in [7, 11) is 0. The second kappa shape index (κ2) is 7.73. The van der Waals surface area contributed by atoms with Crippen molar-refractivity contribution in [2.75, 3.05) is 19.7 Å². The van der Waals surface area contributed by atoms with Crippen molar-refractivity contribution in [2.24, 2.45) is 5.73 Å². The van der Waals surface area contributed by atoms with Crippen LogP contribution in [0.15, 0.2) is 0 Å². The van der Waals surface area contributed by atoms with Crippen LogP contribution in [-0.2, 0) is 14.3 Å². The maximum atomic E-state index is 11.8. The Morgan fingerprint density at radius 3 is 2.74 bits per heavy atom. The minimum Gasteiger partial charge on any atom is -0.465 e. The highest BCUT2D eigenvalue weighted by Crippen LogP contribution is 2.18. The molecule has 108 valence electrons. The zero-order valence-electron chi connectivity index (χ0n) is 11.2. The fraction of sp³-hybridized carbons (Fsp3) is 0.750. The summed E-state index contributed by atoms with van der Waals surface area (Å²) in [5, 5.41) is 2.01. The van der Waals surface area contributed by atoms with Crippen LogP contribution in [0.25, 0.3) is 0 Å². The lowest BCUT2D eigenvalue weighted by Gasteiger charge is -2.33. The van der Waals surface area contributed by atoms with E-state index in [4.69, 9.17) is 10.5 Å². The number of amides is 3. The summed E-state index contributed by atoms with van der Waals surface area (Å²) in [5.41, 5.74) is 4.86. The molecule has 0 spiro atoms. The normalized spacial score (nSPS) is 19.7. The molecule has 1 heterocycles. The molecule has 3 N–H and O–H groups in total. The van der Waals surface area contributed by atoms with E-state index in [2.05, 4.69) is 0 Å². The van der Waals surface area contributed by atoms with Crippen LogP contribution < -0.4 is 11.1 Å². The fourth-order valence-corrected chi connectivity index (χ4v) is 2.21. The molecule has 1 atom stereocenters. The molecule has 1 unspecified atom stereocenters. The van der Waals surface area contributed by atoms with E-state index < -0.39 is 11.9 Å². The maximum absolute atomic E-state index is 11.8. The van der Waals surface area contributed by atoms with Gasteiger partial charge >= 0.3 is 12.0 Å². The zero-order valence-corrected chi connectivity index (χ0v) is 11.2. The lowest BCUT2D eigenvalue weighted by molar-refractivity contribution is -0.151. The Morgan fingerprint density at radius 2 is 2.11 bits per heavy atom. The number of ether oxygens (including phenoxy) is 1. The Balaban J connectivity index is 2.46. The van der Waals surface area contributed by atoms with Crippen molar-refractivity contribution >= 4 is 17.9 Å². The summed E-state index contributed by atoms with van der Waals surface area (Å²) in [5.74, 6) is -0.668. The van der Waals surface area contributed by atoms with Gasteiger partial charge in [-0.15, -0.1) is 0 Å². The average molecular weight is 271 g/mol. The first-order chi connectivity index (χ1) is 9.04. The molecule has 7 nitrogen and oxygen atoms in total. The largest absolute Gasteiger partial charge is 0.465 e. The number of nitrogens with two attached hydrogens (primary N) is 1. The van der Waals surface area contributed by atoms with E-state index in [-0.39, 0.29) is 18.4 Å². The maximum Gasteiger partial charge on any atom is 0.323 e. The second-order valence-electron chi connectivity index (χ2n) is 4.46. The van der Waals surface area contributed by atoms with Crippen LogP contribution in [0.2, 0.25) is 0 Å². The molecule has 3 amide bonds. The number of rotatable bonds is 5. The molecule has 1 rings (SSSR count). The number of urea groups is 1. The van der Waals surface area contributed by atoms with Gasteiger partial charge in [-0.1, -0.05) is 6.42 Å². The van der Waals surface area contributed by atoms with Gasteiger partial charge in [0.25, 0.3) is 0 Å². The number of nitrogens with one attached hydrogen (secondary N) is 1. The van der Waals surface area contributed by atoms with Gasteiger partial charge in [-0.2, -0.15) is 0 Å². The van der Waals surface area contributed by atoms with Crippen molar-refractivity contribution in [2.45, 2.75) is 38.6 Å².